The number of carbonyl (C=O) groups excluding carboxylic acids is 1. The van der Waals surface area contributed by atoms with Crippen LogP contribution in [0.15, 0.2) is 4.99 Å². The van der Waals surface area contributed by atoms with Crippen LogP contribution in [-0.2, 0) is 9.53 Å². The lowest BCUT2D eigenvalue weighted by molar-refractivity contribution is -0.121. The number of hydrogen-bond donors (Lipinski definition) is 1. The first-order chi connectivity index (χ1) is 13.6. The van der Waals surface area contributed by atoms with Gasteiger partial charge in [-0.3, -0.25) is 9.79 Å². The third-order valence-electron chi connectivity index (χ3n) is 5.24. The zero-order valence-corrected chi connectivity index (χ0v) is 21.1. The van der Waals surface area contributed by atoms with E-state index in [1.165, 1.54) is 64.2 Å². The average molecular weight is 524 g/mol. The largest absolute Gasteiger partial charge is 0.475 e. The number of carbonyl (C=O) groups is 1. The van der Waals surface area contributed by atoms with Gasteiger partial charge in [-0.25, -0.2) is 0 Å². The van der Waals surface area contributed by atoms with E-state index in [1.807, 2.05) is 0 Å². The van der Waals surface area contributed by atoms with Gasteiger partial charge in [0.15, 0.2) is 4.32 Å². The van der Waals surface area contributed by atoms with Crippen molar-refractivity contribution in [1.82, 2.24) is 5.32 Å². The van der Waals surface area contributed by atoms with Gasteiger partial charge in [0.2, 0.25) is 11.8 Å². The molecule has 1 aliphatic rings. The maximum Gasteiger partial charge on any atom is 0.246 e. The summed E-state index contributed by atoms with van der Waals surface area (Å²) in [5.41, 5.74) is 0. The summed E-state index contributed by atoms with van der Waals surface area (Å²) in [7, 11) is 0. The van der Waals surface area contributed by atoms with Crippen LogP contribution in [0.3, 0.4) is 0 Å². The summed E-state index contributed by atoms with van der Waals surface area (Å²) in [5, 5.41) is 3.80. The molecule has 0 saturated carbocycles. The molecule has 164 valence electrons. The van der Waals surface area contributed by atoms with E-state index in [9.17, 15) is 4.79 Å². The molecule has 0 bridgehead atoms. The Hall–Kier alpha value is -0.100. The summed E-state index contributed by atoms with van der Waals surface area (Å²) < 4.78 is 5.15. The highest BCUT2D eigenvalue weighted by atomic mass is 79.9. The summed E-state index contributed by atoms with van der Waals surface area (Å²) in [4.78, 5) is 17.5. The molecule has 0 aliphatic carbocycles. The Labute approximate surface area is 189 Å². The van der Waals surface area contributed by atoms with E-state index < -0.39 is 4.32 Å². The van der Waals surface area contributed by atoms with Crippen LogP contribution in [0, 0.1) is 0 Å². The van der Waals surface area contributed by atoms with Crippen molar-refractivity contribution in [2.45, 2.75) is 108 Å². The Morgan fingerprint density at radius 1 is 1.04 bits per heavy atom. The minimum absolute atomic E-state index is 0.00814. The second-order valence-electron chi connectivity index (χ2n) is 7.88. The minimum atomic E-state index is -0.810. The number of ether oxygens (including phenoxy) is 1. The molecule has 1 fully saturated rings. The fourth-order valence-corrected chi connectivity index (χ4v) is 4.53. The predicted octanol–water partition coefficient (Wildman–Crippen LogP) is 6.54. The average Bonchev–Trinajstić information content (AvgIpc) is 3.03. The van der Waals surface area contributed by atoms with Crippen molar-refractivity contribution in [3.63, 3.8) is 0 Å². The molecule has 0 radical (unpaired) electrons. The number of unbranched alkanes of at least 4 members (excludes halogenated alkanes) is 10. The molecule has 1 aliphatic heterocycles. The van der Waals surface area contributed by atoms with Gasteiger partial charge in [0, 0.05) is 24.8 Å². The number of nitrogens with one attached hydrogen (secondary N) is 1. The van der Waals surface area contributed by atoms with Crippen molar-refractivity contribution in [2.24, 2.45) is 4.99 Å². The SMILES string of the molecule is CCCCCCCCN=C1O[C@@H](CBr)C[C@@]1(Br)C(=O)NCCCCCCCC. The zero-order valence-electron chi connectivity index (χ0n) is 17.9. The fourth-order valence-electron chi connectivity index (χ4n) is 3.45. The molecule has 4 nitrogen and oxygen atoms in total. The molecular formula is C22H40Br2N2O2. The van der Waals surface area contributed by atoms with Crippen LogP contribution in [0.1, 0.15) is 97.3 Å². The summed E-state index contributed by atoms with van der Waals surface area (Å²) >= 11 is 7.16. The highest BCUT2D eigenvalue weighted by Crippen LogP contribution is 2.36. The van der Waals surface area contributed by atoms with Gasteiger partial charge in [-0.05, 0) is 12.8 Å². The molecule has 1 rings (SSSR count). The van der Waals surface area contributed by atoms with E-state index >= 15 is 0 Å². The molecule has 0 spiro atoms. The molecular weight excluding hydrogens is 484 g/mol. The van der Waals surface area contributed by atoms with Crippen LogP contribution >= 0.6 is 31.9 Å². The van der Waals surface area contributed by atoms with Gasteiger partial charge in [0.25, 0.3) is 0 Å². The highest BCUT2D eigenvalue weighted by Gasteiger charge is 2.50. The molecule has 2 atom stereocenters. The number of rotatable bonds is 16. The standard InChI is InChI=1S/C22H40Br2N2O2/c1-3-5-7-9-11-13-15-25-20(27)22(24)17-19(18-23)28-21(22)26-16-14-12-10-8-6-4-2/h19H,3-18H2,1-2H3,(H,25,27)/t19-,22-/m1/s1. The first kappa shape index (κ1) is 25.9. The quantitative estimate of drug-likeness (QED) is 0.184. The molecule has 1 amide bonds. The van der Waals surface area contributed by atoms with Crippen LogP contribution in [0.25, 0.3) is 0 Å². The van der Waals surface area contributed by atoms with E-state index in [1.54, 1.807) is 0 Å². The molecule has 0 unspecified atom stereocenters. The van der Waals surface area contributed by atoms with Gasteiger partial charge >= 0.3 is 0 Å². The Balaban J connectivity index is 2.42. The molecule has 6 heteroatoms. The topological polar surface area (TPSA) is 50.7 Å². The maximum absolute atomic E-state index is 12.8. The summed E-state index contributed by atoms with van der Waals surface area (Å²) in [6, 6.07) is 0. The minimum Gasteiger partial charge on any atom is -0.475 e. The van der Waals surface area contributed by atoms with Crippen molar-refractivity contribution in [1.29, 1.82) is 0 Å². The number of aliphatic imine (C=N–C) groups is 1. The number of halogens is 2. The van der Waals surface area contributed by atoms with Gasteiger partial charge in [0.1, 0.15) is 6.10 Å². The first-order valence-electron chi connectivity index (χ1n) is 11.3. The second kappa shape index (κ2) is 15.7. The molecule has 1 heterocycles. The summed E-state index contributed by atoms with van der Waals surface area (Å²) in [5.74, 6) is 0.553. The summed E-state index contributed by atoms with van der Waals surface area (Å²) in [6.45, 7) is 5.92. The molecule has 28 heavy (non-hydrogen) atoms. The van der Waals surface area contributed by atoms with E-state index in [-0.39, 0.29) is 12.0 Å². The molecule has 1 N–H and O–H groups in total. The van der Waals surface area contributed by atoms with Crippen molar-refractivity contribution in [2.75, 3.05) is 18.4 Å². The number of alkyl halides is 2. The van der Waals surface area contributed by atoms with Gasteiger partial charge in [-0.1, -0.05) is 110 Å². The Morgan fingerprint density at radius 2 is 1.61 bits per heavy atom. The van der Waals surface area contributed by atoms with Crippen LogP contribution in [-0.4, -0.2) is 40.7 Å². The molecule has 0 aromatic carbocycles. The zero-order chi connectivity index (χ0) is 20.7. The van der Waals surface area contributed by atoms with Gasteiger partial charge in [-0.15, -0.1) is 0 Å². The van der Waals surface area contributed by atoms with Gasteiger partial charge in [0.05, 0.1) is 0 Å². The lowest BCUT2D eigenvalue weighted by Gasteiger charge is -2.19. The van der Waals surface area contributed by atoms with E-state index in [4.69, 9.17) is 4.74 Å². The van der Waals surface area contributed by atoms with Crippen LogP contribution in [0.5, 0.6) is 0 Å². The molecule has 0 aromatic rings. The lowest BCUT2D eigenvalue weighted by atomic mass is 10.0. The third kappa shape index (κ3) is 9.60. The van der Waals surface area contributed by atoms with E-state index in [2.05, 4.69) is 56.0 Å². The monoisotopic (exact) mass is 522 g/mol. The highest BCUT2D eigenvalue weighted by molar-refractivity contribution is 9.10. The second-order valence-corrected chi connectivity index (χ2v) is 9.88. The van der Waals surface area contributed by atoms with Gasteiger partial charge < -0.3 is 10.1 Å². The lowest BCUT2D eigenvalue weighted by Crippen LogP contribution is -2.46. The Bertz CT molecular complexity index is 460. The number of nitrogens with zero attached hydrogens (tertiary/aromatic N) is 1. The van der Waals surface area contributed by atoms with Crippen molar-refractivity contribution in [3.8, 4) is 0 Å². The van der Waals surface area contributed by atoms with E-state index in [0.717, 1.165) is 25.9 Å². The molecule has 1 saturated heterocycles. The normalized spacial score (nSPS) is 23.1. The first-order valence-corrected chi connectivity index (χ1v) is 13.2. The maximum atomic E-state index is 12.8. The van der Waals surface area contributed by atoms with Crippen LogP contribution in [0.2, 0.25) is 0 Å². The Morgan fingerprint density at radius 3 is 2.21 bits per heavy atom. The van der Waals surface area contributed by atoms with Crippen molar-refractivity contribution < 1.29 is 9.53 Å². The van der Waals surface area contributed by atoms with Gasteiger partial charge in [-0.2, -0.15) is 0 Å². The van der Waals surface area contributed by atoms with E-state index in [0.29, 0.717) is 17.6 Å². The van der Waals surface area contributed by atoms with Crippen LogP contribution < -0.4 is 5.32 Å². The predicted molar refractivity (Wildman–Crippen MR) is 127 cm³/mol. The van der Waals surface area contributed by atoms with Crippen molar-refractivity contribution in [3.05, 3.63) is 0 Å². The smallest absolute Gasteiger partial charge is 0.246 e. The van der Waals surface area contributed by atoms with Crippen molar-refractivity contribution >= 4 is 43.7 Å². The fraction of sp³-hybridized carbons (Fsp3) is 0.909. The number of hydrogen-bond acceptors (Lipinski definition) is 3. The summed E-state index contributed by atoms with van der Waals surface area (Å²) in [6.07, 6.45) is 15.3. The third-order valence-corrected chi connectivity index (χ3v) is 6.99. The number of amides is 1. The molecule has 0 aromatic heterocycles. The van der Waals surface area contributed by atoms with Crippen LogP contribution in [0.4, 0.5) is 0 Å². The Kier molecular flexibility index (Phi) is 14.5.